The highest BCUT2D eigenvalue weighted by molar-refractivity contribution is 7.98. The Labute approximate surface area is 131 Å². The second-order valence-corrected chi connectivity index (χ2v) is 6.25. The smallest absolute Gasteiger partial charge is 0.172 e. The molecule has 0 aliphatic heterocycles. The van der Waals surface area contributed by atoms with E-state index in [0.29, 0.717) is 6.61 Å². The molecule has 0 unspecified atom stereocenters. The van der Waals surface area contributed by atoms with Crippen LogP contribution in [-0.2, 0) is 17.1 Å². The van der Waals surface area contributed by atoms with Crippen LogP contribution in [0.25, 0.3) is 5.69 Å². The molecule has 6 heteroatoms. The van der Waals surface area contributed by atoms with Crippen molar-refractivity contribution in [2.45, 2.75) is 17.5 Å². The standard InChI is InChI=1S/C15H15N3OS2/c1-19-9-14-17-12(10-20-14)11-21-15-16-7-8-18(15)13-5-3-2-4-6-13/h2-8,10H,9,11H2,1H3. The molecular formula is C15H15N3OS2. The minimum Gasteiger partial charge on any atom is -0.378 e. The van der Waals surface area contributed by atoms with Gasteiger partial charge in [0.2, 0.25) is 0 Å². The molecule has 0 aliphatic rings. The molecule has 0 saturated carbocycles. The Morgan fingerprint density at radius 2 is 2.14 bits per heavy atom. The number of thiazole rings is 1. The van der Waals surface area contributed by atoms with Crippen LogP contribution in [0.3, 0.4) is 0 Å². The minimum absolute atomic E-state index is 0.577. The zero-order chi connectivity index (χ0) is 14.5. The molecule has 0 N–H and O–H groups in total. The maximum absolute atomic E-state index is 5.09. The topological polar surface area (TPSA) is 39.9 Å². The van der Waals surface area contributed by atoms with Crippen LogP contribution in [0, 0.1) is 0 Å². The first-order valence-corrected chi connectivity index (χ1v) is 8.37. The number of aromatic nitrogens is 3. The summed E-state index contributed by atoms with van der Waals surface area (Å²) >= 11 is 3.32. The molecule has 0 bridgehead atoms. The number of nitrogens with zero attached hydrogens (tertiary/aromatic N) is 3. The number of ether oxygens (including phenoxy) is 1. The Morgan fingerprint density at radius 1 is 1.29 bits per heavy atom. The van der Waals surface area contributed by atoms with Gasteiger partial charge in [0.05, 0.1) is 12.3 Å². The van der Waals surface area contributed by atoms with Gasteiger partial charge in [-0.1, -0.05) is 30.0 Å². The number of imidazole rings is 1. The lowest BCUT2D eigenvalue weighted by Gasteiger charge is -2.06. The van der Waals surface area contributed by atoms with Crippen molar-refractivity contribution in [3.8, 4) is 5.69 Å². The molecule has 0 aliphatic carbocycles. The molecule has 0 atom stereocenters. The number of thioether (sulfide) groups is 1. The van der Waals surface area contributed by atoms with Gasteiger partial charge in [-0.15, -0.1) is 11.3 Å². The Balaban J connectivity index is 1.70. The average Bonchev–Trinajstić information content (AvgIpc) is 3.15. The summed E-state index contributed by atoms with van der Waals surface area (Å²) in [5, 5.41) is 4.07. The van der Waals surface area contributed by atoms with Gasteiger partial charge in [-0.3, -0.25) is 4.57 Å². The van der Waals surface area contributed by atoms with E-state index < -0.39 is 0 Å². The van der Waals surface area contributed by atoms with E-state index in [-0.39, 0.29) is 0 Å². The molecule has 21 heavy (non-hydrogen) atoms. The molecule has 1 aromatic carbocycles. The summed E-state index contributed by atoms with van der Waals surface area (Å²) in [5.74, 6) is 0.810. The van der Waals surface area contributed by atoms with Crippen LogP contribution in [0.2, 0.25) is 0 Å². The Hall–Kier alpha value is -1.63. The molecule has 0 amide bonds. The van der Waals surface area contributed by atoms with Crippen LogP contribution < -0.4 is 0 Å². The third-order valence-electron chi connectivity index (χ3n) is 2.86. The highest BCUT2D eigenvalue weighted by Gasteiger charge is 2.08. The van der Waals surface area contributed by atoms with E-state index >= 15 is 0 Å². The first-order chi connectivity index (χ1) is 10.4. The van der Waals surface area contributed by atoms with Gasteiger partial charge in [-0.05, 0) is 12.1 Å². The van der Waals surface area contributed by atoms with E-state index in [4.69, 9.17) is 4.74 Å². The van der Waals surface area contributed by atoms with Crippen molar-refractivity contribution >= 4 is 23.1 Å². The molecule has 108 valence electrons. The molecule has 3 rings (SSSR count). The average molecular weight is 317 g/mol. The highest BCUT2D eigenvalue weighted by Crippen LogP contribution is 2.24. The molecule has 0 spiro atoms. The largest absolute Gasteiger partial charge is 0.378 e. The van der Waals surface area contributed by atoms with Crippen LogP contribution in [0.15, 0.2) is 53.3 Å². The van der Waals surface area contributed by atoms with Crippen molar-refractivity contribution in [1.29, 1.82) is 0 Å². The number of para-hydroxylation sites is 1. The van der Waals surface area contributed by atoms with Crippen LogP contribution in [0.1, 0.15) is 10.7 Å². The van der Waals surface area contributed by atoms with Gasteiger partial charge in [-0.2, -0.15) is 0 Å². The van der Waals surface area contributed by atoms with Crippen molar-refractivity contribution in [1.82, 2.24) is 14.5 Å². The lowest BCUT2D eigenvalue weighted by molar-refractivity contribution is 0.184. The van der Waals surface area contributed by atoms with Crippen molar-refractivity contribution in [3.05, 3.63) is 58.8 Å². The van der Waals surface area contributed by atoms with Gasteiger partial charge in [-0.25, -0.2) is 9.97 Å². The fourth-order valence-electron chi connectivity index (χ4n) is 1.93. The SMILES string of the molecule is COCc1nc(CSc2nccn2-c2ccccc2)cs1. The van der Waals surface area contributed by atoms with Crippen LogP contribution in [0.5, 0.6) is 0 Å². The van der Waals surface area contributed by atoms with E-state index in [1.165, 1.54) is 0 Å². The third-order valence-corrected chi connectivity index (χ3v) is 4.73. The molecule has 3 aromatic rings. The number of rotatable bonds is 6. The maximum Gasteiger partial charge on any atom is 0.172 e. The zero-order valence-electron chi connectivity index (χ0n) is 11.6. The summed E-state index contributed by atoms with van der Waals surface area (Å²) in [6, 6.07) is 10.2. The molecule has 0 fully saturated rings. The summed E-state index contributed by atoms with van der Waals surface area (Å²) in [7, 11) is 1.69. The zero-order valence-corrected chi connectivity index (χ0v) is 13.2. The van der Waals surface area contributed by atoms with Gasteiger partial charge in [0.15, 0.2) is 5.16 Å². The lowest BCUT2D eigenvalue weighted by atomic mass is 10.3. The van der Waals surface area contributed by atoms with Crippen molar-refractivity contribution < 1.29 is 4.74 Å². The Morgan fingerprint density at radius 3 is 2.95 bits per heavy atom. The van der Waals surface area contributed by atoms with Crippen molar-refractivity contribution in [2.75, 3.05) is 7.11 Å². The van der Waals surface area contributed by atoms with Crippen molar-refractivity contribution in [3.63, 3.8) is 0 Å². The first-order valence-electron chi connectivity index (χ1n) is 6.50. The van der Waals surface area contributed by atoms with Gasteiger partial charge in [0, 0.05) is 36.3 Å². The van der Waals surface area contributed by atoms with Crippen molar-refractivity contribution in [2.24, 2.45) is 0 Å². The second-order valence-electron chi connectivity index (χ2n) is 4.37. The molecule has 0 saturated heterocycles. The van der Waals surface area contributed by atoms with Gasteiger partial charge >= 0.3 is 0 Å². The van der Waals surface area contributed by atoms with E-state index in [9.17, 15) is 0 Å². The third kappa shape index (κ3) is 3.53. The fraction of sp³-hybridized carbons (Fsp3) is 0.200. The minimum atomic E-state index is 0.577. The summed E-state index contributed by atoms with van der Waals surface area (Å²) in [4.78, 5) is 8.97. The normalized spacial score (nSPS) is 10.9. The van der Waals surface area contributed by atoms with E-state index in [1.807, 2.05) is 30.6 Å². The molecule has 2 heterocycles. The Bertz CT molecular complexity index is 694. The van der Waals surface area contributed by atoms with Gasteiger partial charge in [0.25, 0.3) is 0 Å². The van der Waals surface area contributed by atoms with Crippen LogP contribution >= 0.6 is 23.1 Å². The monoisotopic (exact) mass is 317 g/mol. The van der Waals surface area contributed by atoms with Crippen LogP contribution in [-0.4, -0.2) is 21.6 Å². The molecular weight excluding hydrogens is 302 g/mol. The molecule has 2 aromatic heterocycles. The number of hydrogen-bond acceptors (Lipinski definition) is 5. The molecule has 0 radical (unpaired) electrons. The summed E-state index contributed by atoms with van der Waals surface area (Å²) in [5.41, 5.74) is 2.19. The number of methoxy groups -OCH3 is 1. The summed E-state index contributed by atoms with van der Waals surface area (Å²) in [6.45, 7) is 0.577. The number of hydrogen-bond donors (Lipinski definition) is 0. The lowest BCUT2D eigenvalue weighted by Crippen LogP contribution is -1.95. The quantitative estimate of drug-likeness (QED) is 0.649. The summed E-state index contributed by atoms with van der Waals surface area (Å²) in [6.07, 6.45) is 3.81. The first kappa shape index (κ1) is 14.3. The predicted molar refractivity (Wildman–Crippen MR) is 86.0 cm³/mol. The molecule has 4 nitrogen and oxygen atoms in total. The van der Waals surface area contributed by atoms with Gasteiger partial charge in [0.1, 0.15) is 5.01 Å². The van der Waals surface area contributed by atoms with E-state index in [1.54, 1.807) is 30.2 Å². The van der Waals surface area contributed by atoms with Crippen LogP contribution in [0.4, 0.5) is 0 Å². The maximum atomic E-state index is 5.09. The predicted octanol–water partition coefficient (Wildman–Crippen LogP) is 3.77. The van der Waals surface area contributed by atoms with E-state index in [2.05, 4.69) is 32.0 Å². The fourth-order valence-corrected chi connectivity index (χ4v) is 3.66. The summed E-state index contributed by atoms with van der Waals surface area (Å²) < 4.78 is 7.18. The number of benzene rings is 1. The Kier molecular flexibility index (Phi) is 4.69. The second kappa shape index (κ2) is 6.89. The van der Waals surface area contributed by atoms with Gasteiger partial charge < -0.3 is 4.74 Å². The van der Waals surface area contributed by atoms with E-state index in [0.717, 1.165) is 27.3 Å². The highest BCUT2D eigenvalue weighted by atomic mass is 32.2.